The number of para-hydroxylation sites is 1. The summed E-state index contributed by atoms with van der Waals surface area (Å²) in [6.07, 6.45) is 0. The third-order valence-corrected chi connectivity index (χ3v) is 3.66. The fourth-order valence-corrected chi connectivity index (χ4v) is 2.23. The largest absolute Gasteiger partial charge is 0.343 e. The van der Waals surface area contributed by atoms with Crippen LogP contribution in [0.4, 0.5) is 10.1 Å². The van der Waals surface area contributed by atoms with Crippen LogP contribution in [-0.2, 0) is 4.79 Å². The lowest BCUT2D eigenvalue weighted by atomic mass is 10.2. The first kappa shape index (κ1) is 16.5. The summed E-state index contributed by atoms with van der Waals surface area (Å²) in [7, 11) is 0. The van der Waals surface area contributed by atoms with E-state index in [1.807, 2.05) is 6.07 Å². The lowest BCUT2D eigenvalue weighted by Crippen LogP contribution is -2.33. The number of carbonyl (C=O) groups is 2. The second-order valence-electron chi connectivity index (χ2n) is 4.33. The molecule has 0 radical (unpaired) electrons. The van der Waals surface area contributed by atoms with Crippen LogP contribution in [-0.4, -0.2) is 18.4 Å². The number of hydrogen-bond donors (Lipinski definition) is 2. The highest BCUT2D eigenvalue weighted by Gasteiger charge is 2.13. The molecule has 0 saturated carbocycles. The highest BCUT2D eigenvalue weighted by Crippen LogP contribution is 2.20. The van der Waals surface area contributed by atoms with E-state index in [1.54, 1.807) is 18.2 Å². The van der Waals surface area contributed by atoms with Crippen LogP contribution in [0.3, 0.4) is 0 Å². The highest BCUT2D eigenvalue weighted by atomic mass is 79.9. The van der Waals surface area contributed by atoms with Crippen molar-refractivity contribution in [3.8, 4) is 0 Å². The predicted molar refractivity (Wildman–Crippen MR) is 86.5 cm³/mol. The van der Waals surface area contributed by atoms with E-state index < -0.39 is 17.6 Å². The minimum atomic E-state index is -0.740. The first-order valence-electron chi connectivity index (χ1n) is 6.25. The summed E-state index contributed by atoms with van der Waals surface area (Å²) in [5.74, 6) is -1.85. The molecule has 0 unspecified atom stereocenters. The Balaban J connectivity index is 1.93. The monoisotopic (exact) mass is 384 g/mol. The second-order valence-corrected chi connectivity index (χ2v) is 5.63. The van der Waals surface area contributed by atoms with Gasteiger partial charge in [0, 0.05) is 9.50 Å². The van der Waals surface area contributed by atoms with Crippen molar-refractivity contribution in [2.45, 2.75) is 0 Å². The third-order valence-electron chi connectivity index (χ3n) is 2.73. The van der Waals surface area contributed by atoms with Crippen molar-refractivity contribution in [3.05, 3.63) is 63.3 Å². The molecule has 4 nitrogen and oxygen atoms in total. The van der Waals surface area contributed by atoms with Gasteiger partial charge < -0.3 is 10.6 Å². The fraction of sp³-hybridized carbons (Fsp3) is 0.0667. The minimum Gasteiger partial charge on any atom is -0.343 e. The Bertz CT molecular complexity index is 724. The van der Waals surface area contributed by atoms with Crippen molar-refractivity contribution in [2.75, 3.05) is 11.9 Å². The molecule has 0 aliphatic carbocycles. The number of amides is 2. The Labute approximate surface area is 139 Å². The second kappa shape index (κ2) is 7.38. The predicted octanol–water partition coefficient (Wildman–Crippen LogP) is 3.61. The number of hydrogen-bond acceptors (Lipinski definition) is 2. The highest BCUT2D eigenvalue weighted by molar-refractivity contribution is 9.10. The van der Waals surface area contributed by atoms with Gasteiger partial charge in [0.2, 0.25) is 5.91 Å². The Morgan fingerprint density at radius 3 is 2.59 bits per heavy atom. The van der Waals surface area contributed by atoms with Crippen LogP contribution in [0.15, 0.2) is 46.9 Å². The molecule has 2 amide bonds. The van der Waals surface area contributed by atoms with Crippen molar-refractivity contribution in [3.63, 3.8) is 0 Å². The molecule has 0 fully saturated rings. The molecule has 0 heterocycles. The van der Waals surface area contributed by atoms with E-state index in [2.05, 4.69) is 26.6 Å². The standard InChI is InChI=1S/C15H11BrClFN2O2/c16-11-3-1-2-4-13(11)20-14(21)8-19-15(22)10-6-5-9(17)7-12(10)18/h1-7H,8H2,(H,19,22)(H,20,21). The summed E-state index contributed by atoms with van der Waals surface area (Å²) in [4.78, 5) is 23.6. The summed E-state index contributed by atoms with van der Waals surface area (Å²) in [6, 6.07) is 10.8. The molecule has 114 valence electrons. The van der Waals surface area contributed by atoms with Crippen molar-refractivity contribution in [1.29, 1.82) is 0 Å². The van der Waals surface area contributed by atoms with Gasteiger partial charge in [0.15, 0.2) is 0 Å². The molecule has 22 heavy (non-hydrogen) atoms. The molecule has 0 saturated heterocycles. The number of benzene rings is 2. The topological polar surface area (TPSA) is 58.2 Å². The first-order chi connectivity index (χ1) is 10.5. The number of halogens is 3. The molecule has 0 spiro atoms. The molecule has 0 aromatic heterocycles. The van der Waals surface area contributed by atoms with Gasteiger partial charge in [-0.05, 0) is 46.3 Å². The normalized spacial score (nSPS) is 10.1. The van der Waals surface area contributed by atoms with Gasteiger partial charge in [-0.2, -0.15) is 0 Å². The summed E-state index contributed by atoms with van der Waals surface area (Å²) < 4.78 is 14.3. The van der Waals surface area contributed by atoms with E-state index in [-0.39, 0.29) is 17.1 Å². The van der Waals surface area contributed by atoms with Gasteiger partial charge >= 0.3 is 0 Å². The molecule has 0 aliphatic rings. The van der Waals surface area contributed by atoms with Gasteiger partial charge in [0.1, 0.15) is 5.82 Å². The Morgan fingerprint density at radius 1 is 1.18 bits per heavy atom. The van der Waals surface area contributed by atoms with E-state index in [0.29, 0.717) is 5.69 Å². The van der Waals surface area contributed by atoms with Crippen LogP contribution >= 0.6 is 27.5 Å². The number of anilines is 1. The van der Waals surface area contributed by atoms with Crippen LogP contribution in [0.2, 0.25) is 5.02 Å². The average molecular weight is 386 g/mol. The van der Waals surface area contributed by atoms with E-state index in [9.17, 15) is 14.0 Å². The molecule has 0 atom stereocenters. The Morgan fingerprint density at radius 2 is 1.91 bits per heavy atom. The SMILES string of the molecule is O=C(CNC(=O)c1ccc(Cl)cc1F)Nc1ccccc1Br. The molecule has 0 bridgehead atoms. The average Bonchev–Trinajstić information content (AvgIpc) is 2.47. The number of rotatable bonds is 4. The van der Waals surface area contributed by atoms with E-state index >= 15 is 0 Å². The van der Waals surface area contributed by atoms with E-state index in [4.69, 9.17) is 11.6 Å². The summed E-state index contributed by atoms with van der Waals surface area (Å²) in [5, 5.41) is 5.17. The third kappa shape index (κ3) is 4.29. The maximum absolute atomic E-state index is 13.6. The van der Waals surface area contributed by atoms with Crippen molar-refractivity contribution >= 4 is 45.0 Å². The van der Waals surface area contributed by atoms with Gasteiger partial charge in [0.25, 0.3) is 5.91 Å². The summed E-state index contributed by atoms with van der Waals surface area (Å²) in [6.45, 7) is -0.276. The molecular formula is C15H11BrClFN2O2. The Kier molecular flexibility index (Phi) is 5.51. The minimum absolute atomic E-state index is 0.168. The van der Waals surface area contributed by atoms with Gasteiger partial charge in [-0.25, -0.2) is 4.39 Å². The molecule has 2 aromatic rings. The zero-order valence-electron chi connectivity index (χ0n) is 11.2. The lowest BCUT2D eigenvalue weighted by Gasteiger charge is -2.09. The van der Waals surface area contributed by atoms with Crippen LogP contribution < -0.4 is 10.6 Å². The summed E-state index contributed by atoms with van der Waals surface area (Å²) >= 11 is 8.91. The molecular weight excluding hydrogens is 375 g/mol. The molecule has 2 aromatic carbocycles. The van der Waals surface area contributed by atoms with E-state index in [1.165, 1.54) is 12.1 Å². The molecule has 0 aliphatic heterocycles. The van der Waals surface area contributed by atoms with Gasteiger partial charge in [-0.3, -0.25) is 9.59 Å². The lowest BCUT2D eigenvalue weighted by molar-refractivity contribution is -0.115. The fourth-order valence-electron chi connectivity index (χ4n) is 1.69. The smallest absolute Gasteiger partial charge is 0.254 e. The van der Waals surface area contributed by atoms with Crippen molar-refractivity contribution < 1.29 is 14.0 Å². The maximum Gasteiger partial charge on any atom is 0.254 e. The van der Waals surface area contributed by atoms with Gasteiger partial charge in [0.05, 0.1) is 17.8 Å². The van der Waals surface area contributed by atoms with Crippen molar-refractivity contribution in [2.24, 2.45) is 0 Å². The van der Waals surface area contributed by atoms with E-state index in [0.717, 1.165) is 10.5 Å². The van der Waals surface area contributed by atoms with Crippen LogP contribution in [0.1, 0.15) is 10.4 Å². The maximum atomic E-state index is 13.6. The van der Waals surface area contributed by atoms with Crippen molar-refractivity contribution in [1.82, 2.24) is 5.32 Å². The Hall–Kier alpha value is -1.92. The molecule has 2 N–H and O–H groups in total. The zero-order valence-corrected chi connectivity index (χ0v) is 13.5. The zero-order chi connectivity index (χ0) is 16.1. The van der Waals surface area contributed by atoms with Crippen LogP contribution in [0.25, 0.3) is 0 Å². The molecule has 7 heteroatoms. The van der Waals surface area contributed by atoms with Crippen LogP contribution in [0, 0.1) is 5.82 Å². The van der Waals surface area contributed by atoms with Crippen LogP contribution in [0.5, 0.6) is 0 Å². The van der Waals surface area contributed by atoms with Gasteiger partial charge in [-0.15, -0.1) is 0 Å². The first-order valence-corrected chi connectivity index (χ1v) is 7.42. The quantitative estimate of drug-likeness (QED) is 0.845. The summed E-state index contributed by atoms with van der Waals surface area (Å²) in [5.41, 5.74) is 0.414. The number of nitrogens with one attached hydrogen (secondary N) is 2. The van der Waals surface area contributed by atoms with Gasteiger partial charge in [-0.1, -0.05) is 23.7 Å². The number of carbonyl (C=O) groups excluding carboxylic acids is 2. The molecule has 2 rings (SSSR count).